The van der Waals surface area contributed by atoms with Crippen molar-refractivity contribution >= 4 is 16.9 Å². The van der Waals surface area contributed by atoms with Gasteiger partial charge in [0.15, 0.2) is 0 Å². The van der Waals surface area contributed by atoms with Gasteiger partial charge >= 0.3 is 6.03 Å². The topological polar surface area (TPSA) is 56.9 Å². The van der Waals surface area contributed by atoms with Crippen LogP contribution in [0.5, 0.6) is 0 Å². The molecule has 2 aromatic carbocycles. The SMILES string of the molecule is O=C(NCCc1ccccc1)NCc1ccc2[nH]ccc2c1. The van der Waals surface area contributed by atoms with Crippen molar-refractivity contribution in [2.45, 2.75) is 13.0 Å². The minimum atomic E-state index is -0.134. The maximum absolute atomic E-state index is 11.8. The fourth-order valence-electron chi connectivity index (χ4n) is 2.42. The molecule has 3 aromatic rings. The van der Waals surface area contributed by atoms with Crippen molar-refractivity contribution in [3.8, 4) is 0 Å². The second-order valence-corrected chi connectivity index (χ2v) is 5.24. The second-order valence-electron chi connectivity index (χ2n) is 5.24. The molecule has 0 aliphatic heterocycles. The molecule has 4 heteroatoms. The molecule has 22 heavy (non-hydrogen) atoms. The smallest absolute Gasteiger partial charge is 0.315 e. The summed E-state index contributed by atoms with van der Waals surface area (Å²) < 4.78 is 0. The average Bonchev–Trinajstić information content (AvgIpc) is 3.01. The Hall–Kier alpha value is -2.75. The van der Waals surface area contributed by atoms with Crippen LogP contribution in [0.1, 0.15) is 11.1 Å². The van der Waals surface area contributed by atoms with Crippen molar-refractivity contribution in [3.05, 3.63) is 71.9 Å². The fourth-order valence-corrected chi connectivity index (χ4v) is 2.42. The summed E-state index contributed by atoms with van der Waals surface area (Å²) in [6.07, 6.45) is 2.75. The number of carbonyl (C=O) groups excluding carboxylic acids is 1. The van der Waals surface area contributed by atoms with Gasteiger partial charge in [-0.25, -0.2) is 4.79 Å². The molecule has 4 nitrogen and oxygen atoms in total. The molecule has 112 valence electrons. The Labute approximate surface area is 129 Å². The van der Waals surface area contributed by atoms with Crippen molar-refractivity contribution in [3.63, 3.8) is 0 Å². The summed E-state index contributed by atoms with van der Waals surface area (Å²) in [5.74, 6) is 0. The first-order valence-electron chi connectivity index (χ1n) is 7.43. The van der Waals surface area contributed by atoms with E-state index >= 15 is 0 Å². The third-order valence-corrected chi connectivity index (χ3v) is 3.61. The molecule has 2 amide bonds. The van der Waals surface area contributed by atoms with Crippen molar-refractivity contribution in [2.24, 2.45) is 0 Å². The first kappa shape index (κ1) is 14.2. The monoisotopic (exact) mass is 293 g/mol. The van der Waals surface area contributed by atoms with Crippen LogP contribution >= 0.6 is 0 Å². The van der Waals surface area contributed by atoms with E-state index in [9.17, 15) is 4.79 Å². The zero-order valence-electron chi connectivity index (χ0n) is 12.3. The number of urea groups is 1. The van der Waals surface area contributed by atoms with Crippen LogP contribution in [0.4, 0.5) is 4.79 Å². The molecule has 0 atom stereocenters. The molecule has 0 saturated carbocycles. The number of nitrogens with one attached hydrogen (secondary N) is 3. The molecule has 0 unspecified atom stereocenters. The Balaban J connectivity index is 1.43. The number of hydrogen-bond acceptors (Lipinski definition) is 1. The first-order valence-corrected chi connectivity index (χ1v) is 7.43. The van der Waals surface area contributed by atoms with E-state index in [4.69, 9.17) is 0 Å². The van der Waals surface area contributed by atoms with E-state index < -0.39 is 0 Å². The summed E-state index contributed by atoms with van der Waals surface area (Å²) in [6, 6.07) is 18.1. The molecule has 0 fully saturated rings. The molecular weight excluding hydrogens is 274 g/mol. The minimum absolute atomic E-state index is 0.134. The Bertz CT molecular complexity index is 749. The highest BCUT2D eigenvalue weighted by Gasteiger charge is 2.01. The summed E-state index contributed by atoms with van der Waals surface area (Å²) in [6.45, 7) is 1.16. The van der Waals surface area contributed by atoms with Gasteiger partial charge in [0.05, 0.1) is 0 Å². The highest BCUT2D eigenvalue weighted by Crippen LogP contribution is 2.13. The van der Waals surface area contributed by atoms with Crippen molar-refractivity contribution in [2.75, 3.05) is 6.54 Å². The molecular formula is C18H19N3O. The number of hydrogen-bond donors (Lipinski definition) is 3. The predicted molar refractivity (Wildman–Crippen MR) is 88.7 cm³/mol. The maximum Gasteiger partial charge on any atom is 0.315 e. The number of rotatable bonds is 5. The molecule has 3 N–H and O–H groups in total. The first-order chi connectivity index (χ1) is 10.8. The van der Waals surface area contributed by atoms with Gasteiger partial charge in [0.1, 0.15) is 0 Å². The van der Waals surface area contributed by atoms with Crippen LogP contribution in [0, 0.1) is 0 Å². The zero-order chi connectivity index (χ0) is 15.2. The van der Waals surface area contributed by atoms with Crippen LogP contribution < -0.4 is 10.6 Å². The van der Waals surface area contributed by atoms with Crippen molar-refractivity contribution < 1.29 is 4.79 Å². The van der Waals surface area contributed by atoms with Crippen LogP contribution in [0.15, 0.2) is 60.8 Å². The molecule has 1 aromatic heterocycles. The molecule has 0 bridgehead atoms. The van der Waals surface area contributed by atoms with Gasteiger partial charge in [-0.3, -0.25) is 0 Å². The number of fused-ring (bicyclic) bond motifs is 1. The van der Waals surface area contributed by atoms with Gasteiger partial charge in [0.2, 0.25) is 0 Å². The number of aromatic amines is 1. The van der Waals surface area contributed by atoms with Gasteiger partial charge < -0.3 is 15.6 Å². The van der Waals surface area contributed by atoms with Crippen LogP contribution in [0.3, 0.4) is 0 Å². The van der Waals surface area contributed by atoms with Gasteiger partial charge in [0, 0.05) is 24.8 Å². The van der Waals surface area contributed by atoms with E-state index in [2.05, 4.69) is 33.8 Å². The summed E-state index contributed by atoms with van der Waals surface area (Å²) in [5, 5.41) is 6.92. The van der Waals surface area contributed by atoms with Crippen LogP contribution in [0.25, 0.3) is 10.9 Å². The maximum atomic E-state index is 11.8. The van der Waals surface area contributed by atoms with Crippen molar-refractivity contribution in [1.82, 2.24) is 15.6 Å². The zero-order valence-corrected chi connectivity index (χ0v) is 12.3. The summed E-state index contributed by atoms with van der Waals surface area (Å²) in [4.78, 5) is 14.9. The van der Waals surface area contributed by atoms with Crippen molar-refractivity contribution in [1.29, 1.82) is 0 Å². The third kappa shape index (κ3) is 3.67. The number of benzene rings is 2. The van der Waals surface area contributed by atoms with E-state index in [1.807, 2.05) is 42.6 Å². The molecule has 0 aliphatic rings. The molecule has 0 spiro atoms. The number of carbonyl (C=O) groups is 1. The van der Waals surface area contributed by atoms with Crippen LogP contribution in [0.2, 0.25) is 0 Å². The normalized spacial score (nSPS) is 10.5. The molecule has 3 rings (SSSR count). The fraction of sp³-hybridized carbons (Fsp3) is 0.167. The van der Waals surface area contributed by atoms with Gasteiger partial charge in [-0.2, -0.15) is 0 Å². The summed E-state index contributed by atoms with van der Waals surface area (Å²) in [7, 11) is 0. The van der Waals surface area contributed by atoms with Gasteiger partial charge in [-0.1, -0.05) is 36.4 Å². The van der Waals surface area contributed by atoms with E-state index in [0.29, 0.717) is 13.1 Å². The van der Waals surface area contributed by atoms with Gasteiger partial charge in [-0.05, 0) is 41.1 Å². The minimum Gasteiger partial charge on any atom is -0.361 e. The lowest BCUT2D eigenvalue weighted by atomic mass is 10.1. The van der Waals surface area contributed by atoms with E-state index in [1.165, 1.54) is 5.56 Å². The largest absolute Gasteiger partial charge is 0.361 e. The number of H-pyrrole nitrogens is 1. The van der Waals surface area contributed by atoms with E-state index in [0.717, 1.165) is 22.9 Å². The average molecular weight is 293 g/mol. The summed E-state index contributed by atoms with van der Waals surface area (Å²) >= 11 is 0. The predicted octanol–water partition coefficient (Wildman–Crippen LogP) is 3.21. The quantitative estimate of drug-likeness (QED) is 0.664. The van der Waals surface area contributed by atoms with E-state index in [1.54, 1.807) is 0 Å². The molecule has 1 heterocycles. The lowest BCUT2D eigenvalue weighted by molar-refractivity contribution is 0.240. The van der Waals surface area contributed by atoms with Crippen LogP contribution in [-0.2, 0) is 13.0 Å². The Morgan fingerprint density at radius 1 is 0.955 bits per heavy atom. The van der Waals surface area contributed by atoms with Crippen LogP contribution in [-0.4, -0.2) is 17.6 Å². The Morgan fingerprint density at radius 3 is 2.68 bits per heavy atom. The molecule has 0 radical (unpaired) electrons. The lowest BCUT2D eigenvalue weighted by Gasteiger charge is -2.08. The Morgan fingerprint density at radius 2 is 1.82 bits per heavy atom. The van der Waals surface area contributed by atoms with E-state index in [-0.39, 0.29) is 6.03 Å². The Kier molecular flexibility index (Phi) is 4.39. The standard InChI is InChI=1S/C18H19N3O/c22-18(20-10-8-14-4-2-1-3-5-14)21-13-15-6-7-17-16(12-15)9-11-19-17/h1-7,9,11-12,19H,8,10,13H2,(H2,20,21,22). The third-order valence-electron chi connectivity index (χ3n) is 3.61. The highest BCUT2D eigenvalue weighted by atomic mass is 16.2. The van der Waals surface area contributed by atoms with Gasteiger partial charge in [-0.15, -0.1) is 0 Å². The number of aromatic nitrogens is 1. The molecule has 0 saturated heterocycles. The highest BCUT2D eigenvalue weighted by molar-refractivity contribution is 5.80. The lowest BCUT2D eigenvalue weighted by Crippen LogP contribution is -2.36. The second kappa shape index (κ2) is 6.80. The molecule has 0 aliphatic carbocycles. The van der Waals surface area contributed by atoms with Gasteiger partial charge in [0.25, 0.3) is 0 Å². The number of amides is 2. The summed E-state index contributed by atoms with van der Waals surface area (Å²) in [5.41, 5.74) is 3.42.